The smallest absolute Gasteiger partial charge is 0.254 e. The average molecular weight is 368 g/mol. The van der Waals surface area contributed by atoms with Crippen LogP contribution in [0.25, 0.3) is 22.3 Å². The van der Waals surface area contributed by atoms with Crippen molar-refractivity contribution in [2.24, 2.45) is 0 Å². The molecule has 1 amide bonds. The number of imidazole rings is 1. The standard InChI is InChI=1S/C23H20N4O/c28-23(17-12-10-16(11-13-17)18-6-3-4-14-24-18)27-15-5-9-21(27)22-25-19-7-1-2-8-20(19)26-22/h1-4,6-8,10-14,21H,5,9,15H2,(H,25,26). The number of hydrogen-bond donors (Lipinski definition) is 1. The minimum atomic E-state index is -0.00429. The summed E-state index contributed by atoms with van der Waals surface area (Å²) in [6.45, 7) is 0.753. The van der Waals surface area contributed by atoms with Crippen LogP contribution in [0.4, 0.5) is 0 Å². The Hall–Kier alpha value is -3.47. The van der Waals surface area contributed by atoms with Gasteiger partial charge in [0, 0.05) is 23.9 Å². The van der Waals surface area contributed by atoms with Gasteiger partial charge in [0.05, 0.1) is 22.8 Å². The predicted molar refractivity (Wildman–Crippen MR) is 109 cm³/mol. The lowest BCUT2D eigenvalue weighted by Gasteiger charge is -2.23. The molecule has 1 N–H and O–H groups in total. The first kappa shape index (κ1) is 16.7. The molecule has 5 rings (SSSR count). The van der Waals surface area contributed by atoms with Crippen molar-refractivity contribution in [1.29, 1.82) is 0 Å². The second kappa shape index (κ2) is 6.93. The number of pyridine rings is 1. The maximum absolute atomic E-state index is 13.2. The zero-order chi connectivity index (χ0) is 18.9. The fourth-order valence-electron chi connectivity index (χ4n) is 3.91. The number of amides is 1. The Balaban J connectivity index is 1.41. The summed E-state index contributed by atoms with van der Waals surface area (Å²) >= 11 is 0. The van der Waals surface area contributed by atoms with E-state index < -0.39 is 0 Å². The van der Waals surface area contributed by atoms with Crippen LogP contribution in [0.2, 0.25) is 0 Å². The minimum Gasteiger partial charge on any atom is -0.340 e. The zero-order valence-corrected chi connectivity index (χ0v) is 15.4. The molecular weight excluding hydrogens is 348 g/mol. The van der Waals surface area contributed by atoms with E-state index in [1.165, 1.54) is 0 Å². The van der Waals surface area contributed by atoms with E-state index in [1.54, 1.807) is 6.20 Å². The van der Waals surface area contributed by atoms with Crippen LogP contribution in [0.1, 0.15) is 35.1 Å². The van der Waals surface area contributed by atoms with Gasteiger partial charge in [-0.3, -0.25) is 9.78 Å². The number of hydrogen-bond acceptors (Lipinski definition) is 3. The molecule has 1 unspecified atom stereocenters. The van der Waals surface area contributed by atoms with E-state index in [1.807, 2.05) is 71.6 Å². The van der Waals surface area contributed by atoms with Gasteiger partial charge in [-0.05, 0) is 49.2 Å². The Kier molecular flexibility index (Phi) is 4.13. The lowest BCUT2D eigenvalue weighted by Crippen LogP contribution is -2.31. The number of carbonyl (C=O) groups is 1. The number of benzene rings is 2. The fourth-order valence-corrected chi connectivity index (χ4v) is 3.91. The molecule has 0 aliphatic carbocycles. The van der Waals surface area contributed by atoms with Crippen LogP contribution in [-0.4, -0.2) is 32.3 Å². The van der Waals surface area contributed by atoms with Gasteiger partial charge in [0.15, 0.2) is 0 Å². The number of para-hydroxylation sites is 2. The Bertz CT molecular complexity index is 1090. The number of rotatable bonds is 3. The highest BCUT2D eigenvalue weighted by Crippen LogP contribution is 2.33. The summed E-state index contributed by atoms with van der Waals surface area (Å²) in [6, 6.07) is 21.5. The van der Waals surface area contributed by atoms with E-state index in [4.69, 9.17) is 4.98 Å². The maximum atomic E-state index is 13.2. The second-order valence-corrected chi connectivity index (χ2v) is 7.09. The Morgan fingerprint density at radius 1 is 1.00 bits per heavy atom. The van der Waals surface area contributed by atoms with E-state index in [0.717, 1.165) is 47.5 Å². The van der Waals surface area contributed by atoms with Crippen LogP contribution >= 0.6 is 0 Å². The lowest BCUT2D eigenvalue weighted by atomic mass is 10.1. The van der Waals surface area contributed by atoms with Gasteiger partial charge in [-0.2, -0.15) is 0 Å². The van der Waals surface area contributed by atoms with E-state index in [2.05, 4.69) is 9.97 Å². The van der Waals surface area contributed by atoms with Gasteiger partial charge >= 0.3 is 0 Å². The molecule has 0 saturated carbocycles. The highest BCUT2D eigenvalue weighted by molar-refractivity contribution is 5.95. The van der Waals surface area contributed by atoms with Crippen molar-refractivity contribution in [1.82, 2.24) is 19.9 Å². The minimum absolute atomic E-state index is 0.00429. The van der Waals surface area contributed by atoms with Gasteiger partial charge in [0.25, 0.3) is 5.91 Å². The summed E-state index contributed by atoms with van der Waals surface area (Å²) in [4.78, 5) is 27.6. The molecule has 0 radical (unpaired) electrons. The van der Waals surface area contributed by atoms with E-state index in [-0.39, 0.29) is 11.9 Å². The molecule has 2 aromatic carbocycles. The van der Waals surface area contributed by atoms with Crippen LogP contribution in [0, 0.1) is 0 Å². The van der Waals surface area contributed by atoms with Crippen LogP contribution < -0.4 is 0 Å². The van der Waals surface area contributed by atoms with Crippen LogP contribution in [-0.2, 0) is 0 Å². The molecule has 28 heavy (non-hydrogen) atoms. The van der Waals surface area contributed by atoms with E-state index in [9.17, 15) is 4.79 Å². The molecule has 1 atom stereocenters. The molecule has 5 nitrogen and oxygen atoms in total. The number of nitrogens with zero attached hydrogens (tertiary/aromatic N) is 3. The molecule has 4 aromatic rings. The third kappa shape index (κ3) is 2.95. The third-order valence-corrected chi connectivity index (χ3v) is 5.33. The summed E-state index contributed by atoms with van der Waals surface area (Å²) in [7, 11) is 0. The second-order valence-electron chi connectivity index (χ2n) is 7.09. The predicted octanol–water partition coefficient (Wildman–Crippen LogP) is 4.60. The molecule has 0 spiro atoms. The fraction of sp³-hybridized carbons (Fsp3) is 0.174. The summed E-state index contributed by atoms with van der Waals surface area (Å²) in [6.07, 6.45) is 3.69. The number of nitrogens with one attached hydrogen (secondary N) is 1. The normalized spacial score (nSPS) is 16.6. The first-order valence-corrected chi connectivity index (χ1v) is 9.57. The molecule has 0 bridgehead atoms. The van der Waals surface area contributed by atoms with Gasteiger partial charge < -0.3 is 9.88 Å². The number of likely N-dealkylation sites (tertiary alicyclic amines) is 1. The largest absolute Gasteiger partial charge is 0.340 e. The van der Waals surface area contributed by atoms with Crippen LogP contribution in [0.15, 0.2) is 72.9 Å². The Labute approximate surface area is 163 Å². The molecule has 1 saturated heterocycles. The Morgan fingerprint density at radius 2 is 1.82 bits per heavy atom. The molecule has 5 heteroatoms. The van der Waals surface area contributed by atoms with Crippen molar-refractivity contribution in [3.63, 3.8) is 0 Å². The summed E-state index contributed by atoms with van der Waals surface area (Å²) in [5.74, 6) is 0.924. The number of aromatic amines is 1. The van der Waals surface area contributed by atoms with Gasteiger partial charge in [-0.25, -0.2) is 4.98 Å². The first-order valence-electron chi connectivity index (χ1n) is 9.57. The quantitative estimate of drug-likeness (QED) is 0.575. The third-order valence-electron chi connectivity index (χ3n) is 5.33. The molecule has 1 aliphatic heterocycles. The van der Waals surface area contributed by atoms with Crippen LogP contribution in [0.3, 0.4) is 0 Å². The Morgan fingerprint density at radius 3 is 2.61 bits per heavy atom. The summed E-state index contributed by atoms with van der Waals surface area (Å²) < 4.78 is 0. The number of H-pyrrole nitrogens is 1. The average Bonchev–Trinajstić information content (AvgIpc) is 3.41. The highest BCUT2D eigenvalue weighted by atomic mass is 16.2. The summed E-state index contributed by atoms with van der Waals surface area (Å²) in [5, 5.41) is 0. The van der Waals surface area contributed by atoms with Crippen molar-refractivity contribution >= 4 is 16.9 Å². The maximum Gasteiger partial charge on any atom is 0.254 e. The van der Waals surface area contributed by atoms with Crippen molar-refractivity contribution in [3.8, 4) is 11.3 Å². The van der Waals surface area contributed by atoms with Crippen molar-refractivity contribution < 1.29 is 4.79 Å². The van der Waals surface area contributed by atoms with Gasteiger partial charge in [0.1, 0.15) is 5.82 Å². The van der Waals surface area contributed by atoms with Crippen LogP contribution in [0.5, 0.6) is 0 Å². The van der Waals surface area contributed by atoms with E-state index >= 15 is 0 Å². The van der Waals surface area contributed by atoms with Gasteiger partial charge in [0.2, 0.25) is 0 Å². The lowest BCUT2D eigenvalue weighted by molar-refractivity contribution is 0.0730. The van der Waals surface area contributed by atoms with E-state index in [0.29, 0.717) is 5.56 Å². The zero-order valence-electron chi connectivity index (χ0n) is 15.4. The molecular formula is C23H20N4O. The molecule has 138 valence electrons. The number of aromatic nitrogens is 3. The summed E-state index contributed by atoms with van der Waals surface area (Å²) in [5.41, 5.74) is 4.56. The number of fused-ring (bicyclic) bond motifs is 1. The highest BCUT2D eigenvalue weighted by Gasteiger charge is 2.32. The van der Waals surface area contributed by atoms with Crippen molar-refractivity contribution in [3.05, 3.63) is 84.3 Å². The SMILES string of the molecule is O=C(c1ccc(-c2ccccn2)cc1)N1CCCC1c1nc2ccccc2[nH]1. The molecule has 1 aliphatic rings. The number of carbonyl (C=O) groups excluding carboxylic acids is 1. The topological polar surface area (TPSA) is 61.9 Å². The molecule has 2 aromatic heterocycles. The monoisotopic (exact) mass is 368 g/mol. The van der Waals surface area contributed by atoms with Gasteiger partial charge in [-0.15, -0.1) is 0 Å². The molecule has 3 heterocycles. The first-order chi connectivity index (χ1) is 13.8. The molecule has 1 fully saturated rings. The van der Waals surface area contributed by atoms with Gasteiger partial charge in [-0.1, -0.05) is 30.3 Å². The van der Waals surface area contributed by atoms with Crippen molar-refractivity contribution in [2.45, 2.75) is 18.9 Å². The van der Waals surface area contributed by atoms with Crippen molar-refractivity contribution in [2.75, 3.05) is 6.54 Å².